The number of nitrogens with zero attached hydrogens (tertiary/aromatic N) is 1. The lowest BCUT2D eigenvalue weighted by Crippen LogP contribution is -2.36. The average molecular weight is 519 g/mol. The molecule has 0 aromatic heterocycles. The van der Waals surface area contributed by atoms with Gasteiger partial charge in [0, 0.05) is 5.69 Å². The Balaban J connectivity index is 1.75. The number of anilines is 1. The van der Waals surface area contributed by atoms with Crippen LogP contribution in [0.25, 0.3) is 6.08 Å². The van der Waals surface area contributed by atoms with Gasteiger partial charge in [0.2, 0.25) is 5.91 Å². The Hall–Kier alpha value is -3.29. The second-order valence-corrected chi connectivity index (χ2v) is 8.20. The van der Waals surface area contributed by atoms with Gasteiger partial charge < -0.3 is 14.8 Å². The van der Waals surface area contributed by atoms with Crippen LogP contribution in [0.15, 0.2) is 45.8 Å². The van der Waals surface area contributed by atoms with E-state index < -0.39 is 29.4 Å². The van der Waals surface area contributed by atoms with E-state index in [0.717, 1.165) is 16.7 Å². The summed E-state index contributed by atoms with van der Waals surface area (Å²) < 4.78 is 24.3. The standard InChI is InChI=1S/C22H16BrFN2O5S/c1-3-8-31-20-16(23)9-13(10-17(20)30-2)11-18-21(28)26(22(29)32-18)12-19(27)25-15-6-4-14(24)5-7-15/h1,4-7,9-11H,8,12H2,2H3,(H,25,27)/b18-11-. The van der Waals surface area contributed by atoms with E-state index in [4.69, 9.17) is 15.9 Å². The lowest BCUT2D eigenvalue weighted by Gasteiger charge is -2.13. The van der Waals surface area contributed by atoms with Crippen molar-refractivity contribution in [1.29, 1.82) is 0 Å². The number of terminal acetylenes is 1. The zero-order valence-corrected chi connectivity index (χ0v) is 19.1. The molecule has 0 bridgehead atoms. The summed E-state index contributed by atoms with van der Waals surface area (Å²) in [7, 11) is 1.46. The van der Waals surface area contributed by atoms with Crippen molar-refractivity contribution in [1.82, 2.24) is 4.90 Å². The average Bonchev–Trinajstić information content (AvgIpc) is 3.01. The van der Waals surface area contributed by atoms with Crippen LogP contribution >= 0.6 is 27.7 Å². The number of amides is 3. The van der Waals surface area contributed by atoms with Crippen molar-refractivity contribution >= 4 is 56.5 Å². The SMILES string of the molecule is C#CCOc1c(Br)cc(/C=C2\SC(=O)N(CC(=O)Nc3ccc(F)cc3)C2=O)cc1OC. The molecule has 0 aliphatic carbocycles. The fraction of sp³-hybridized carbons (Fsp3) is 0.136. The molecule has 164 valence electrons. The highest BCUT2D eigenvalue weighted by Crippen LogP contribution is 2.39. The first kappa shape index (κ1) is 23.4. The summed E-state index contributed by atoms with van der Waals surface area (Å²) in [5, 5.41) is 1.94. The number of thioether (sulfide) groups is 1. The quantitative estimate of drug-likeness (QED) is 0.434. The Bertz CT molecular complexity index is 1140. The summed E-state index contributed by atoms with van der Waals surface area (Å²) in [6, 6.07) is 8.45. The summed E-state index contributed by atoms with van der Waals surface area (Å²) in [5.74, 6) is 1.53. The summed E-state index contributed by atoms with van der Waals surface area (Å²) >= 11 is 4.10. The van der Waals surface area contributed by atoms with Gasteiger partial charge in [-0.05, 0) is 75.7 Å². The lowest BCUT2D eigenvalue weighted by molar-refractivity contribution is -0.127. The summed E-state index contributed by atoms with van der Waals surface area (Å²) in [4.78, 5) is 38.2. The third-order valence-electron chi connectivity index (χ3n) is 4.15. The second-order valence-electron chi connectivity index (χ2n) is 6.35. The molecule has 0 spiro atoms. The number of methoxy groups -OCH3 is 1. The smallest absolute Gasteiger partial charge is 0.294 e. The highest BCUT2D eigenvalue weighted by Gasteiger charge is 2.36. The van der Waals surface area contributed by atoms with Crippen molar-refractivity contribution in [3.05, 3.63) is 57.2 Å². The molecule has 1 saturated heterocycles. The van der Waals surface area contributed by atoms with Gasteiger partial charge in [-0.15, -0.1) is 6.42 Å². The van der Waals surface area contributed by atoms with Crippen LogP contribution in [0.1, 0.15) is 5.56 Å². The molecule has 3 amide bonds. The maximum atomic E-state index is 13.0. The molecule has 32 heavy (non-hydrogen) atoms. The molecule has 7 nitrogen and oxygen atoms in total. The molecule has 2 aromatic carbocycles. The molecule has 0 saturated carbocycles. The minimum absolute atomic E-state index is 0.0488. The van der Waals surface area contributed by atoms with E-state index in [1.807, 2.05) is 0 Å². The van der Waals surface area contributed by atoms with Gasteiger partial charge in [-0.25, -0.2) is 4.39 Å². The molecule has 3 rings (SSSR count). The van der Waals surface area contributed by atoms with Crippen molar-refractivity contribution in [2.24, 2.45) is 0 Å². The number of hydrogen-bond acceptors (Lipinski definition) is 6. The van der Waals surface area contributed by atoms with E-state index in [1.165, 1.54) is 37.5 Å². The number of carbonyl (C=O) groups is 3. The zero-order valence-electron chi connectivity index (χ0n) is 16.7. The lowest BCUT2D eigenvalue weighted by atomic mass is 10.2. The van der Waals surface area contributed by atoms with Crippen LogP contribution in [-0.4, -0.2) is 42.2 Å². The van der Waals surface area contributed by atoms with Gasteiger partial charge in [-0.2, -0.15) is 0 Å². The van der Waals surface area contributed by atoms with Crippen molar-refractivity contribution in [3.63, 3.8) is 0 Å². The third-order valence-corrected chi connectivity index (χ3v) is 5.65. The van der Waals surface area contributed by atoms with E-state index in [9.17, 15) is 18.8 Å². The Morgan fingerprint density at radius 2 is 2.03 bits per heavy atom. The molecule has 1 fully saturated rings. The van der Waals surface area contributed by atoms with Crippen LogP contribution in [0.2, 0.25) is 0 Å². The molecule has 0 unspecified atom stereocenters. The maximum Gasteiger partial charge on any atom is 0.294 e. The van der Waals surface area contributed by atoms with Gasteiger partial charge in [0.1, 0.15) is 19.0 Å². The minimum atomic E-state index is -0.600. The monoisotopic (exact) mass is 518 g/mol. The van der Waals surface area contributed by atoms with Crippen molar-refractivity contribution in [2.75, 3.05) is 25.6 Å². The van der Waals surface area contributed by atoms with Crippen molar-refractivity contribution < 1.29 is 28.2 Å². The number of ether oxygens (including phenoxy) is 2. The molecule has 0 radical (unpaired) electrons. The van der Waals surface area contributed by atoms with Gasteiger partial charge in [0.25, 0.3) is 11.1 Å². The van der Waals surface area contributed by atoms with E-state index >= 15 is 0 Å². The number of imide groups is 1. The maximum absolute atomic E-state index is 13.0. The molecule has 1 heterocycles. The molecule has 1 aliphatic heterocycles. The number of benzene rings is 2. The van der Waals surface area contributed by atoms with Crippen LogP contribution in [0, 0.1) is 18.2 Å². The van der Waals surface area contributed by atoms with Crippen LogP contribution in [0.4, 0.5) is 14.9 Å². The van der Waals surface area contributed by atoms with Gasteiger partial charge in [-0.3, -0.25) is 19.3 Å². The fourth-order valence-corrected chi connectivity index (χ4v) is 4.15. The number of nitrogens with one attached hydrogen (secondary N) is 1. The third kappa shape index (κ3) is 5.49. The van der Waals surface area contributed by atoms with E-state index in [2.05, 4.69) is 27.2 Å². The summed E-state index contributed by atoms with van der Waals surface area (Å²) in [6.45, 7) is -0.418. The summed E-state index contributed by atoms with van der Waals surface area (Å²) in [5.41, 5.74) is 0.922. The fourth-order valence-electron chi connectivity index (χ4n) is 2.74. The first-order chi connectivity index (χ1) is 15.3. The Morgan fingerprint density at radius 1 is 1.31 bits per heavy atom. The molecule has 10 heteroatoms. The molecule has 0 atom stereocenters. The second kappa shape index (κ2) is 10.3. The van der Waals surface area contributed by atoms with Crippen molar-refractivity contribution in [3.8, 4) is 23.8 Å². The number of rotatable bonds is 7. The predicted octanol–water partition coefficient (Wildman–Crippen LogP) is 4.28. The first-order valence-electron chi connectivity index (χ1n) is 9.07. The topological polar surface area (TPSA) is 84.9 Å². The largest absolute Gasteiger partial charge is 0.493 e. The number of hydrogen-bond donors (Lipinski definition) is 1. The molecular formula is C22H16BrFN2O5S. The van der Waals surface area contributed by atoms with Gasteiger partial charge in [0.05, 0.1) is 16.5 Å². The van der Waals surface area contributed by atoms with E-state index in [0.29, 0.717) is 27.2 Å². The van der Waals surface area contributed by atoms with Crippen LogP contribution in [0.3, 0.4) is 0 Å². The highest BCUT2D eigenvalue weighted by molar-refractivity contribution is 9.10. The Labute approximate surface area is 196 Å². The van der Waals surface area contributed by atoms with Gasteiger partial charge in [-0.1, -0.05) is 5.92 Å². The molecule has 1 N–H and O–H groups in total. The Kier molecular flexibility index (Phi) is 7.56. The van der Waals surface area contributed by atoms with Crippen LogP contribution in [-0.2, 0) is 9.59 Å². The zero-order chi connectivity index (χ0) is 23.3. The minimum Gasteiger partial charge on any atom is -0.493 e. The normalized spacial score (nSPS) is 14.4. The number of halogens is 2. The predicted molar refractivity (Wildman–Crippen MR) is 123 cm³/mol. The van der Waals surface area contributed by atoms with Crippen LogP contribution in [0.5, 0.6) is 11.5 Å². The van der Waals surface area contributed by atoms with Gasteiger partial charge in [0.15, 0.2) is 11.5 Å². The molecule has 2 aromatic rings. The highest BCUT2D eigenvalue weighted by atomic mass is 79.9. The van der Waals surface area contributed by atoms with E-state index in [-0.39, 0.29) is 11.5 Å². The van der Waals surface area contributed by atoms with Crippen LogP contribution < -0.4 is 14.8 Å². The Morgan fingerprint density at radius 3 is 2.69 bits per heavy atom. The first-order valence-corrected chi connectivity index (χ1v) is 10.7. The number of carbonyl (C=O) groups excluding carboxylic acids is 3. The molecular weight excluding hydrogens is 503 g/mol. The van der Waals surface area contributed by atoms with E-state index in [1.54, 1.807) is 12.1 Å². The molecule has 1 aliphatic rings. The van der Waals surface area contributed by atoms with Crippen molar-refractivity contribution in [2.45, 2.75) is 0 Å². The van der Waals surface area contributed by atoms with Gasteiger partial charge >= 0.3 is 0 Å². The summed E-state index contributed by atoms with van der Waals surface area (Å²) in [6.07, 6.45) is 6.74.